The monoisotopic (exact) mass is 330 g/mol. The summed E-state index contributed by atoms with van der Waals surface area (Å²) in [4.78, 5) is 12.0. The van der Waals surface area contributed by atoms with Gasteiger partial charge in [-0.05, 0) is 43.5 Å². The van der Waals surface area contributed by atoms with E-state index in [1.54, 1.807) is 10.9 Å². The molecule has 0 bridgehead atoms. The molecule has 0 aliphatic heterocycles. The minimum atomic E-state index is -0.841. The number of benzene rings is 1. The van der Waals surface area contributed by atoms with Crippen molar-refractivity contribution in [1.82, 2.24) is 20.4 Å². The lowest BCUT2D eigenvalue weighted by atomic mass is 9.98. The Hall–Kier alpha value is -2.34. The molecule has 1 unspecified atom stereocenters. The van der Waals surface area contributed by atoms with Crippen LogP contribution in [0.3, 0.4) is 0 Å². The van der Waals surface area contributed by atoms with E-state index in [1.165, 1.54) is 0 Å². The van der Waals surface area contributed by atoms with Gasteiger partial charge in [-0.25, -0.2) is 9.48 Å². The first-order valence-electron chi connectivity index (χ1n) is 8.34. The van der Waals surface area contributed by atoms with Crippen molar-refractivity contribution in [2.24, 2.45) is 0 Å². The Balaban J connectivity index is 1.90. The average molecular weight is 330 g/mol. The first-order chi connectivity index (χ1) is 11.5. The van der Waals surface area contributed by atoms with E-state index in [2.05, 4.69) is 15.7 Å². The van der Waals surface area contributed by atoms with Crippen LogP contribution in [0, 0.1) is 0 Å². The number of rotatable bonds is 7. The smallest absolute Gasteiger partial charge is 0.315 e. The minimum Gasteiger partial charge on any atom is -0.388 e. The molecule has 1 heterocycles. The van der Waals surface area contributed by atoms with Crippen molar-refractivity contribution in [2.75, 3.05) is 6.54 Å². The second kappa shape index (κ2) is 7.97. The Kier molecular flexibility index (Phi) is 5.98. The number of aromatic nitrogens is 2. The molecule has 0 fully saturated rings. The molecule has 0 saturated carbocycles. The SMILES string of the molecule is CCC(O)(CC)CNC(=O)NC(C)c1ccc(-n2cccn2)cc1. The van der Waals surface area contributed by atoms with Crippen LogP contribution in [-0.2, 0) is 0 Å². The number of nitrogens with one attached hydrogen (secondary N) is 2. The molecule has 24 heavy (non-hydrogen) atoms. The summed E-state index contributed by atoms with van der Waals surface area (Å²) < 4.78 is 1.78. The number of hydrogen-bond donors (Lipinski definition) is 3. The van der Waals surface area contributed by atoms with Crippen molar-refractivity contribution < 1.29 is 9.90 Å². The zero-order valence-electron chi connectivity index (χ0n) is 14.5. The lowest BCUT2D eigenvalue weighted by Gasteiger charge is -2.26. The molecule has 0 aliphatic rings. The average Bonchev–Trinajstić information content (AvgIpc) is 3.14. The lowest BCUT2D eigenvalue weighted by Crippen LogP contribution is -2.46. The Morgan fingerprint density at radius 3 is 2.50 bits per heavy atom. The van der Waals surface area contributed by atoms with Gasteiger partial charge >= 0.3 is 6.03 Å². The molecular weight excluding hydrogens is 304 g/mol. The predicted molar refractivity (Wildman–Crippen MR) is 94.0 cm³/mol. The summed E-state index contributed by atoms with van der Waals surface area (Å²) in [5.74, 6) is 0. The largest absolute Gasteiger partial charge is 0.388 e. The highest BCUT2D eigenvalue weighted by molar-refractivity contribution is 5.74. The number of urea groups is 1. The standard InChI is InChI=1S/C18H26N4O2/c1-4-18(24,5-2)13-19-17(23)21-14(3)15-7-9-16(10-8-15)22-12-6-11-20-22/h6-12,14,24H,4-5,13H2,1-3H3,(H2,19,21,23). The second-order valence-corrected chi connectivity index (χ2v) is 6.02. The molecule has 2 amide bonds. The van der Waals surface area contributed by atoms with Gasteiger partial charge < -0.3 is 15.7 Å². The molecule has 0 spiro atoms. The maximum absolute atomic E-state index is 12.0. The molecule has 6 nitrogen and oxygen atoms in total. The molecule has 0 radical (unpaired) electrons. The fraction of sp³-hybridized carbons (Fsp3) is 0.444. The van der Waals surface area contributed by atoms with Crippen molar-refractivity contribution in [3.63, 3.8) is 0 Å². The first kappa shape index (κ1) is 18.0. The predicted octanol–water partition coefficient (Wildman–Crippen LogP) is 2.78. The maximum atomic E-state index is 12.0. The molecule has 3 N–H and O–H groups in total. The highest BCUT2D eigenvalue weighted by Gasteiger charge is 2.23. The molecule has 1 atom stereocenters. The summed E-state index contributed by atoms with van der Waals surface area (Å²) in [6.07, 6.45) is 4.82. The van der Waals surface area contributed by atoms with E-state index in [0.717, 1.165) is 11.3 Å². The van der Waals surface area contributed by atoms with E-state index in [1.807, 2.05) is 57.3 Å². The van der Waals surface area contributed by atoms with E-state index in [4.69, 9.17) is 0 Å². The molecule has 1 aromatic heterocycles. The summed E-state index contributed by atoms with van der Waals surface area (Å²) in [7, 11) is 0. The normalized spacial score (nSPS) is 12.7. The molecule has 2 aromatic rings. The Bertz CT molecular complexity index is 634. The fourth-order valence-corrected chi connectivity index (χ4v) is 2.41. The molecule has 130 valence electrons. The number of hydrogen-bond acceptors (Lipinski definition) is 3. The number of carbonyl (C=O) groups excluding carboxylic acids is 1. The molecule has 2 rings (SSSR count). The van der Waals surface area contributed by atoms with Gasteiger partial charge in [0.25, 0.3) is 0 Å². The highest BCUT2D eigenvalue weighted by atomic mass is 16.3. The third kappa shape index (κ3) is 4.58. The van der Waals surface area contributed by atoms with E-state index in [-0.39, 0.29) is 18.6 Å². The van der Waals surface area contributed by atoms with E-state index < -0.39 is 5.60 Å². The van der Waals surface area contributed by atoms with Crippen molar-refractivity contribution in [1.29, 1.82) is 0 Å². The molecule has 0 aliphatic carbocycles. The lowest BCUT2D eigenvalue weighted by molar-refractivity contribution is 0.0349. The van der Waals surface area contributed by atoms with Gasteiger partial charge in [0.2, 0.25) is 0 Å². The van der Waals surface area contributed by atoms with E-state index in [9.17, 15) is 9.90 Å². The van der Waals surface area contributed by atoms with Crippen LogP contribution >= 0.6 is 0 Å². The maximum Gasteiger partial charge on any atom is 0.315 e. The number of amides is 2. The Morgan fingerprint density at radius 1 is 1.29 bits per heavy atom. The Morgan fingerprint density at radius 2 is 1.96 bits per heavy atom. The van der Waals surface area contributed by atoms with Crippen LogP contribution in [0.5, 0.6) is 0 Å². The van der Waals surface area contributed by atoms with Gasteiger partial charge in [-0.2, -0.15) is 5.10 Å². The van der Waals surface area contributed by atoms with Crippen LogP contribution in [0.2, 0.25) is 0 Å². The van der Waals surface area contributed by atoms with Crippen LogP contribution in [-0.4, -0.2) is 33.1 Å². The fourth-order valence-electron chi connectivity index (χ4n) is 2.41. The number of nitrogens with zero attached hydrogens (tertiary/aromatic N) is 2. The van der Waals surface area contributed by atoms with Crippen molar-refractivity contribution >= 4 is 6.03 Å². The number of carbonyl (C=O) groups is 1. The first-order valence-corrected chi connectivity index (χ1v) is 8.34. The third-order valence-electron chi connectivity index (χ3n) is 4.40. The van der Waals surface area contributed by atoms with Crippen molar-refractivity contribution in [3.05, 3.63) is 48.3 Å². The van der Waals surface area contributed by atoms with Gasteiger partial charge in [-0.15, -0.1) is 0 Å². The second-order valence-electron chi connectivity index (χ2n) is 6.02. The van der Waals surface area contributed by atoms with E-state index >= 15 is 0 Å². The van der Waals surface area contributed by atoms with E-state index in [0.29, 0.717) is 12.8 Å². The summed E-state index contributed by atoms with van der Waals surface area (Å²) in [6.45, 7) is 5.99. The third-order valence-corrected chi connectivity index (χ3v) is 4.40. The summed E-state index contributed by atoms with van der Waals surface area (Å²) >= 11 is 0. The van der Waals surface area contributed by atoms with Gasteiger partial charge in [0.15, 0.2) is 0 Å². The van der Waals surface area contributed by atoms with Crippen LogP contribution in [0.25, 0.3) is 5.69 Å². The summed E-state index contributed by atoms with van der Waals surface area (Å²) in [6, 6.07) is 9.33. The van der Waals surface area contributed by atoms with Crippen LogP contribution in [0.1, 0.15) is 45.2 Å². The van der Waals surface area contributed by atoms with Crippen LogP contribution in [0.4, 0.5) is 4.79 Å². The highest BCUT2D eigenvalue weighted by Crippen LogP contribution is 2.16. The Labute approximate surface area is 142 Å². The van der Waals surface area contributed by atoms with Crippen LogP contribution < -0.4 is 10.6 Å². The molecular formula is C18H26N4O2. The van der Waals surface area contributed by atoms with Crippen molar-refractivity contribution in [2.45, 2.75) is 45.3 Å². The van der Waals surface area contributed by atoms with Crippen LogP contribution in [0.15, 0.2) is 42.7 Å². The van der Waals surface area contributed by atoms with Gasteiger partial charge in [0.05, 0.1) is 17.3 Å². The summed E-state index contributed by atoms with van der Waals surface area (Å²) in [5, 5.41) is 20.0. The topological polar surface area (TPSA) is 79.2 Å². The van der Waals surface area contributed by atoms with Gasteiger partial charge in [-0.3, -0.25) is 0 Å². The van der Waals surface area contributed by atoms with Gasteiger partial charge in [0, 0.05) is 18.9 Å². The zero-order chi connectivity index (χ0) is 17.6. The quantitative estimate of drug-likeness (QED) is 0.730. The number of aliphatic hydroxyl groups is 1. The van der Waals surface area contributed by atoms with Gasteiger partial charge in [-0.1, -0.05) is 26.0 Å². The molecule has 1 aromatic carbocycles. The van der Waals surface area contributed by atoms with Crippen molar-refractivity contribution in [3.8, 4) is 5.69 Å². The zero-order valence-corrected chi connectivity index (χ0v) is 14.5. The minimum absolute atomic E-state index is 0.131. The molecule has 6 heteroatoms. The summed E-state index contributed by atoms with van der Waals surface area (Å²) in [5.41, 5.74) is 1.13. The molecule has 0 saturated heterocycles. The van der Waals surface area contributed by atoms with Gasteiger partial charge in [0.1, 0.15) is 0 Å².